The number of nitrogens with one attached hydrogen (secondary N) is 2. The molecule has 0 saturated carbocycles. The van der Waals surface area contributed by atoms with Crippen molar-refractivity contribution in [3.8, 4) is 6.07 Å². The number of hydrogen-bond donors (Lipinski definition) is 2. The van der Waals surface area contributed by atoms with E-state index in [0.717, 1.165) is 6.42 Å². The number of nitriles is 1. The van der Waals surface area contributed by atoms with Crippen LogP contribution in [0.3, 0.4) is 0 Å². The van der Waals surface area contributed by atoms with Crippen LogP contribution in [-0.4, -0.2) is 23.3 Å². The number of hydrogen-bond acceptors (Lipinski definition) is 4. The van der Waals surface area contributed by atoms with Crippen LogP contribution in [0.4, 0.5) is 5.69 Å². The fraction of sp³-hybridized carbons (Fsp3) is 0.176. The van der Waals surface area contributed by atoms with Crippen LogP contribution in [0.5, 0.6) is 0 Å². The second-order valence-corrected chi connectivity index (χ2v) is 4.83. The average Bonchev–Trinajstić information content (AvgIpc) is 2.60. The maximum absolute atomic E-state index is 12.3. The normalized spacial score (nSPS) is 9.74. The van der Waals surface area contributed by atoms with E-state index in [1.165, 1.54) is 18.5 Å². The first kappa shape index (κ1) is 16.2. The highest BCUT2D eigenvalue weighted by Gasteiger charge is 2.12. The molecule has 0 atom stereocenters. The minimum atomic E-state index is -0.426. The second-order valence-electron chi connectivity index (χ2n) is 4.83. The van der Waals surface area contributed by atoms with Gasteiger partial charge in [-0.1, -0.05) is 19.1 Å². The van der Waals surface area contributed by atoms with Gasteiger partial charge in [0.1, 0.15) is 6.07 Å². The van der Waals surface area contributed by atoms with E-state index in [0.29, 0.717) is 23.4 Å². The molecule has 6 heteroatoms. The molecule has 23 heavy (non-hydrogen) atoms. The first-order valence-corrected chi connectivity index (χ1v) is 7.19. The zero-order valence-corrected chi connectivity index (χ0v) is 12.7. The van der Waals surface area contributed by atoms with Crippen LogP contribution in [0.2, 0.25) is 0 Å². The average molecular weight is 308 g/mol. The van der Waals surface area contributed by atoms with Gasteiger partial charge in [-0.2, -0.15) is 5.26 Å². The van der Waals surface area contributed by atoms with Crippen LogP contribution in [-0.2, 0) is 0 Å². The van der Waals surface area contributed by atoms with Crippen molar-refractivity contribution in [1.29, 1.82) is 5.26 Å². The Morgan fingerprint density at radius 3 is 2.57 bits per heavy atom. The van der Waals surface area contributed by atoms with Crippen LogP contribution >= 0.6 is 0 Å². The molecule has 0 radical (unpaired) electrons. The van der Waals surface area contributed by atoms with Crippen LogP contribution in [0.15, 0.2) is 42.7 Å². The lowest BCUT2D eigenvalue weighted by atomic mass is 10.1. The third-order valence-electron chi connectivity index (χ3n) is 3.09. The Morgan fingerprint density at radius 1 is 1.17 bits per heavy atom. The number of rotatable bonds is 5. The summed E-state index contributed by atoms with van der Waals surface area (Å²) in [4.78, 5) is 28.1. The molecule has 0 spiro atoms. The minimum absolute atomic E-state index is 0.252. The number of anilines is 1. The van der Waals surface area contributed by atoms with Crippen molar-refractivity contribution >= 4 is 17.5 Å². The number of para-hydroxylation sites is 1. The van der Waals surface area contributed by atoms with Crippen LogP contribution in [0.1, 0.15) is 39.6 Å². The first-order chi connectivity index (χ1) is 11.2. The molecule has 0 fully saturated rings. The van der Waals surface area contributed by atoms with Crippen molar-refractivity contribution in [1.82, 2.24) is 10.3 Å². The highest BCUT2D eigenvalue weighted by Crippen LogP contribution is 2.15. The molecule has 0 unspecified atom stereocenters. The number of nitrogens with zero attached hydrogens (tertiary/aromatic N) is 2. The Hall–Kier alpha value is -3.20. The molecule has 0 bridgehead atoms. The van der Waals surface area contributed by atoms with Gasteiger partial charge in [-0.3, -0.25) is 14.6 Å². The molecule has 2 rings (SSSR count). The van der Waals surface area contributed by atoms with Gasteiger partial charge in [0, 0.05) is 18.9 Å². The summed E-state index contributed by atoms with van der Waals surface area (Å²) < 4.78 is 0. The number of pyridine rings is 1. The van der Waals surface area contributed by atoms with Crippen molar-refractivity contribution in [2.24, 2.45) is 0 Å². The van der Waals surface area contributed by atoms with E-state index in [2.05, 4.69) is 15.6 Å². The minimum Gasteiger partial charge on any atom is -0.352 e. The largest absolute Gasteiger partial charge is 0.352 e. The maximum Gasteiger partial charge on any atom is 0.257 e. The topological polar surface area (TPSA) is 94.9 Å². The molecule has 2 aromatic rings. The lowest BCUT2D eigenvalue weighted by Crippen LogP contribution is -2.24. The molecule has 0 aliphatic heterocycles. The zero-order valence-electron chi connectivity index (χ0n) is 12.7. The highest BCUT2D eigenvalue weighted by molar-refractivity contribution is 6.06. The quantitative estimate of drug-likeness (QED) is 0.886. The van der Waals surface area contributed by atoms with Gasteiger partial charge in [-0.05, 0) is 24.6 Å². The number of benzene rings is 1. The predicted molar refractivity (Wildman–Crippen MR) is 86.0 cm³/mol. The Labute approximate surface area is 134 Å². The summed E-state index contributed by atoms with van der Waals surface area (Å²) >= 11 is 0. The Balaban J connectivity index is 2.17. The van der Waals surface area contributed by atoms with Crippen molar-refractivity contribution in [2.75, 3.05) is 11.9 Å². The second kappa shape index (κ2) is 7.71. The van der Waals surface area contributed by atoms with E-state index in [4.69, 9.17) is 5.26 Å². The van der Waals surface area contributed by atoms with Crippen molar-refractivity contribution in [3.05, 3.63) is 59.4 Å². The summed E-state index contributed by atoms with van der Waals surface area (Å²) in [5.41, 5.74) is 1.35. The SMILES string of the molecule is CCCNC(=O)c1cncc(C(=O)Nc2ccccc2C#N)c1. The third kappa shape index (κ3) is 4.14. The highest BCUT2D eigenvalue weighted by atomic mass is 16.2. The first-order valence-electron chi connectivity index (χ1n) is 7.19. The van der Waals surface area contributed by atoms with Gasteiger partial charge in [-0.15, -0.1) is 0 Å². The van der Waals surface area contributed by atoms with E-state index < -0.39 is 5.91 Å². The molecule has 0 aliphatic rings. The van der Waals surface area contributed by atoms with Gasteiger partial charge in [0.2, 0.25) is 0 Å². The maximum atomic E-state index is 12.3. The van der Waals surface area contributed by atoms with Gasteiger partial charge in [0.15, 0.2) is 0 Å². The molecule has 1 heterocycles. The molecule has 2 amide bonds. The van der Waals surface area contributed by atoms with Crippen LogP contribution < -0.4 is 10.6 Å². The Kier molecular flexibility index (Phi) is 5.42. The number of amides is 2. The molecule has 6 nitrogen and oxygen atoms in total. The summed E-state index contributed by atoms with van der Waals surface area (Å²) in [5, 5.41) is 14.4. The molecule has 0 saturated heterocycles. The lowest BCUT2D eigenvalue weighted by Gasteiger charge is -2.08. The van der Waals surface area contributed by atoms with Crippen molar-refractivity contribution in [3.63, 3.8) is 0 Å². The van der Waals surface area contributed by atoms with E-state index in [-0.39, 0.29) is 11.5 Å². The van der Waals surface area contributed by atoms with E-state index >= 15 is 0 Å². The Morgan fingerprint density at radius 2 is 1.87 bits per heavy atom. The summed E-state index contributed by atoms with van der Waals surface area (Å²) in [6.45, 7) is 2.51. The summed E-state index contributed by atoms with van der Waals surface area (Å²) in [5.74, 6) is -0.697. The lowest BCUT2D eigenvalue weighted by molar-refractivity contribution is 0.0953. The Bertz CT molecular complexity index is 765. The monoisotopic (exact) mass is 308 g/mol. The van der Waals surface area contributed by atoms with Gasteiger partial charge in [0.05, 0.1) is 22.4 Å². The molecule has 2 N–H and O–H groups in total. The van der Waals surface area contributed by atoms with Gasteiger partial charge >= 0.3 is 0 Å². The third-order valence-corrected chi connectivity index (χ3v) is 3.09. The van der Waals surface area contributed by atoms with Gasteiger partial charge < -0.3 is 10.6 Å². The molecule has 116 valence electrons. The molecular weight excluding hydrogens is 292 g/mol. The summed E-state index contributed by atoms with van der Waals surface area (Å²) in [6.07, 6.45) is 3.61. The van der Waals surface area contributed by atoms with Crippen LogP contribution in [0, 0.1) is 11.3 Å². The van der Waals surface area contributed by atoms with E-state index in [9.17, 15) is 9.59 Å². The molecular formula is C17H16N4O2. The fourth-order valence-electron chi connectivity index (χ4n) is 1.91. The van der Waals surface area contributed by atoms with Crippen LogP contribution in [0.25, 0.3) is 0 Å². The fourth-order valence-corrected chi connectivity index (χ4v) is 1.91. The van der Waals surface area contributed by atoms with Crippen molar-refractivity contribution < 1.29 is 9.59 Å². The van der Waals surface area contributed by atoms with Gasteiger partial charge in [-0.25, -0.2) is 0 Å². The van der Waals surface area contributed by atoms with E-state index in [1.807, 2.05) is 13.0 Å². The molecule has 0 aliphatic carbocycles. The van der Waals surface area contributed by atoms with E-state index in [1.54, 1.807) is 24.3 Å². The zero-order chi connectivity index (χ0) is 16.7. The molecule has 1 aromatic carbocycles. The summed E-state index contributed by atoms with van der Waals surface area (Å²) in [6, 6.07) is 10.2. The summed E-state index contributed by atoms with van der Waals surface area (Å²) in [7, 11) is 0. The number of carbonyl (C=O) groups is 2. The standard InChI is InChI=1S/C17H16N4O2/c1-2-7-20-16(22)13-8-14(11-19-10-13)17(23)21-15-6-4-3-5-12(15)9-18/h3-6,8,10-11H,2,7H2,1H3,(H,20,22)(H,21,23). The predicted octanol–water partition coefficient (Wildman–Crippen LogP) is 2.35. The number of aromatic nitrogens is 1. The van der Waals surface area contributed by atoms with Crippen molar-refractivity contribution in [2.45, 2.75) is 13.3 Å². The van der Waals surface area contributed by atoms with Gasteiger partial charge in [0.25, 0.3) is 11.8 Å². The molecule has 1 aromatic heterocycles. The number of carbonyl (C=O) groups excluding carboxylic acids is 2. The smallest absolute Gasteiger partial charge is 0.257 e.